The Hall–Kier alpha value is -2.40. The number of amides is 1. The zero-order chi connectivity index (χ0) is 16.4. The Bertz CT molecular complexity index is 850. The van der Waals surface area contributed by atoms with E-state index in [1.54, 1.807) is 0 Å². The zero-order valence-electron chi connectivity index (χ0n) is 13.3. The minimum atomic E-state index is -0.138. The monoisotopic (exact) mass is 326 g/mol. The van der Waals surface area contributed by atoms with Crippen molar-refractivity contribution in [3.63, 3.8) is 0 Å². The number of fused-ring (bicyclic) bond motifs is 1. The highest BCUT2D eigenvalue weighted by molar-refractivity contribution is 7.22. The third kappa shape index (κ3) is 3.51. The molecule has 23 heavy (non-hydrogen) atoms. The van der Waals surface area contributed by atoms with Crippen molar-refractivity contribution in [2.75, 3.05) is 11.9 Å². The second kappa shape index (κ2) is 6.38. The summed E-state index contributed by atoms with van der Waals surface area (Å²) in [6, 6.07) is 11.5. The Morgan fingerprint density at radius 3 is 2.61 bits per heavy atom. The standard InChI is InChI=1S/C18H18N2O2S/c1-4-22-14-5-6-15-16(10-14)23-18(19-15)20-17(21)13-8-11(2)7-12(3)9-13/h5-10H,4H2,1-3H3,(H,19,20,21). The molecule has 0 aliphatic heterocycles. The minimum Gasteiger partial charge on any atom is -0.494 e. The summed E-state index contributed by atoms with van der Waals surface area (Å²) >= 11 is 1.45. The fourth-order valence-corrected chi connectivity index (χ4v) is 3.38. The van der Waals surface area contributed by atoms with Crippen LogP contribution in [0, 0.1) is 13.8 Å². The second-order valence-corrected chi connectivity index (χ2v) is 6.44. The second-order valence-electron chi connectivity index (χ2n) is 5.41. The van der Waals surface area contributed by atoms with Crippen LogP contribution in [-0.2, 0) is 0 Å². The van der Waals surface area contributed by atoms with E-state index in [4.69, 9.17) is 4.74 Å². The van der Waals surface area contributed by atoms with Crippen LogP contribution in [0.1, 0.15) is 28.4 Å². The molecule has 0 bridgehead atoms. The minimum absolute atomic E-state index is 0.138. The van der Waals surface area contributed by atoms with E-state index in [2.05, 4.69) is 10.3 Å². The van der Waals surface area contributed by atoms with Gasteiger partial charge in [0.2, 0.25) is 0 Å². The van der Waals surface area contributed by atoms with Crippen molar-refractivity contribution < 1.29 is 9.53 Å². The van der Waals surface area contributed by atoms with Gasteiger partial charge in [0.15, 0.2) is 5.13 Å². The van der Waals surface area contributed by atoms with Gasteiger partial charge in [-0.3, -0.25) is 10.1 Å². The molecular formula is C18H18N2O2S. The fourth-order valence-electron chi connectivity index (χ4n) is 2.49. The van der Waals surface area contributed by atoms with E-state index in [1.807, 2.05) is 57.2 Å². The van der Waals surface area contributed by atoms with Crippen LogP contribution in [0.5, 0.6) is 5.75 Å². The predicted molar refractivity (Wildman–Crippen MR) is 94.7 cm³/mol. The summed E-state index contributed by atoms with van der Waals surface area (Å²) in [5, 5.41) is 3.48. The van der Waals surface area contributed by atoms with Crippen LogP contribution >= 0.6 is 11.3 Å². The van der Waals surface area contributed by atoms with Crippen molar-refractivity contribution in [2.24, 2.45) is 0 Å². The quantitative estimate of drug-likeness (QED) is 0.764. The van der Waals surface area contributed by atoms with Gasteiger partial charge in [0.05, 0.1) is 16.8 Å². The molecule has 1 amide bonds. The van der Waals surface area contributed by atoms with Gasteiger partial charge in [0.25, 0.3) is 5.91 Å². The molecule has 1 heterocycles. The van der Waals surface area contributed by atoms with E-state index in [1.165, 1.54) is 11.3 Å². The van der Waals surface area contributed by atoms with Crippen LogP contribution in [-0.4, -0.2) is 17.5 Å². The number of rotatable bonds is 4. The topological polar surface area (TPSA) is 51.2 Å². The van der Waals surface area contributed by atoms with Gasteiger partial charge in [0.1, 0.15) is 5.75 Å². The molecule has 1 N–H and O–H groups in total. The summed E-state index contributed by atoms with van der Waals surface area (Å²) < 4.78 is 6.48. The Kier molecular flexibility index (Phi) is 4.30. The molecule has 1 aromatic heterocycles. The first-order chi connectivity index (χ1) is 11.0. The Labute approximate surface area is 139 Å². The summed E-state index contributed by atoms with van der Waals surface area (Å²) in [6.07, 6.45) is 0. The highest BCUT2D eigenvalue weighted by Gasteiger charge is 2.11. The molecule has 0 saturated heterocycles. The van der Waals surface area contributed by atoms with Gasteiger partial charge in [-0.2, -0.15) is 0 Å². The molecule has 5 heteroatoms. The molecule has 0 atom stereocenters. The van der Waals surface area contributed by atoms with Crippen LogP contribution in [0.2, 0.25) is 0 Å². The maximum absolute atomic E-state index is 12.4. The molecule has 0 spiro atoms. The molecule has 3 aromatic rings. The normalized spacial score (nSPS) is 10.7. The number of carbonyl (C=O) groups is 1. The molecule has 0 fully saturated rings. The van der Waals surface area contributed by atoms with Gasteiger partial charge < -0.3 is 4.74 Å². The maximum Gasteiger partial charge on any atom is 0.257 e. The first kappa shape index (κ1) is 15.5. The van der Waals surface area contributed by atoms with Crippen molar-refractivity contribution in [3.8, 4) is 5.75 Å². The van der Waals surface area contributed by atoms with Crippen molar-refractivity contribution in [1.29, 1.82) is 0 Å². The molecule has 0 saturated carbocycles. The molecule has 0 aliphatic carbocycles. The molecule has 3 rings (SSSR count). The Balaban J connectivity index is 1.84. The van der Waals surface area contributed by atoms with Gasteiger partial charge in [-0.25, -0.2) is 4.98 Å². The summed E-state index contributed by atoms with van der Waals surface area (Å²) in [5.41, 5.74) is 3.65. The van der Waals surface area contributed by atoms with Gasteiger partial charge in [-0.15, -0.1) is 0 Å². The Morgan fingerprint density at radius 2 is 1.91 bits per heavy atom. The van der Waals surface area contributed by atoms with Crippen LogP contribution < -0.4 is 10.1 Å². The van der Waals surface area contributed by atoms with Gasteiger partial charge >= 0.3 is 0 Å². The highest BCUT2D eigenvalue weighted by atomic mass is 32.1. The maximum atomic E-state index is 12.4. The number of benzene rings is 2. The predicted octanol–water partition coefficient (Wildman–Crippen LogP) is 4.56. The summed E-state index contributed by atoms with van der Waals surface area (Å²) in [4.78, 5) is 16.9. The average Bonchev–Trinajstić information content (AvgIpc) is 2.88. The van der Waals surface area contributed by atoms with Crippen LogP contribution in [0.15, 0.2) is 36.4 Å². The van der Waals surface area contributed by atoms with Crippen LogP contribution in [0.4, 0.5) is 5.13 Å². The van der Waals surface area contributed by atoms with Crippen LogP contribution in [0.3, 0.4) is 0 Å². The number of nitrogens with zero attached hydrogens (tertiary/aromatic N) is 1. The van der Waals surface area contributed by atoms with Crippen molar-refractivity contribution in [1.82, 2.24) is 4.98 Å². The number of aromatic nitrogens is 1. The third-order valence-corrected chi connectivity index (χ3v) is 4.31. The third-order valence-electron chi connectivity index (χ3n) is 3.38. The highest BCUT2D eigenvalue weighted by Crippen LogP contribution is 2.29. The lowest BCUT2D eigenvalue weighted by molar-refractivity contribution is 0.102. The molecule has 118 valence electrons. The number of aryl methyl sites for hydroxylation is 2. The number of hydrogen-bond donors (Lipinski definition) is 1. The van der Waals surface area contributed by atoms with Crippen molar-refractivity contribution >= 4 is 32.6 Å². The molecule has 0 aliphatic rings. The van der Waals surface area contributed by atoms with E-state index in [0.29, 0.717) is 17.3 Å². The first-order valence-electron chi connectivity index (χ1n) is 7.48. The van der Waals surface area contributed by atoms with E-state index in [-0.39, 0.29) is 5.91 Å². The van der Waals surface area contributed by atoms with E-state index in [9.17, 15) is 4.79 Å². The van der Waals surface area contributed by atoms with Gasteiger partial charge in [0, 0.05) is 5.56 Å². The van der Waals surface area contributed by atoms with E-state index >= 15 is 0 Å². The van der Waals surface area contributed by atoms with E-state index < -0.39 is 0 Å². The number of ether oxygens (including phenoxy) is 1. The number of nitrogens with one attached hydrogen (secondary N) is 1. The first-order valence-corrected chi connectivity index (χ1v) is 8.30. The number of thiazole rings is 1. The SMILES string of the molecule is CCOc1ccc2nc(NC(=O)c3cc(C)cc(C)c3)sc2c1. The average molecular weight is 326 g/mol. The van der Waals surface area contributed by atoms with Gasteiger partial charge in [-0.1, -0.05) is 28.5 Å². The van der Waals surface area contributed by atoms with Crippen molar-refractivity contribution in [2.45, 2.75) is 20.8 Å². The zero-order valence-corrected chi connectivity index (χ0v) is 14.2. The smallest absolute Gasteiger partial charge is 0.257 e. The lowest BCUT2D eigenvalue weighted by Crippen LogP contribution is -2.12. The summed E-state index contributed by atoms with van der Waals surface area (Å²) in [5.74, 6) is 0.678. The van der Waals surface area contributed by atoms with Crippen molar-refractivity contribution in [3.05, 3.63) is 53.1 Å². The molecule has 0 radical (unpaired) electrons. The molecular weight excluding hydrogens is 308 g/mol. The Morgan fingerprint density at radius 1 is 1.17 bits per heavy atom. The van der Waals surface area contributed by atoms with E-state index in [0.717, 1.165) is 27.1 Å². The number of hydrogen-bond acceptors (Lipinski definition) is 4. The molecule has 2 aromatic carbocycles. The van der Waals surface area contributed by atoms with Crippen LogP contribution in [0.25, 0.3) is 10.2 Å². The van der Waals surface area contributed by atoms with Gasteiger partial charge in [-0.05, 0) is 51.1 Å². The number of carbonyl (C=O) groups excluding carboxylic acids is 1. The summed E-state index contributed by atoms with van der Waals surface area (Å²) in [7, 11) is 0. The fraction of sp³-hybridized carbons (Fsp3) is 0.222. The molecule has 0 unspecified atom stereocenters. The lowest BCUT2D eigenvalue weighted by Gasteiger charge is -2.04. The lowest BCUT2D eigenvalue weighted by atomic mass is 10.1. The molecule has 4 nitrogen and oxygen atoms in total. The number of anilines is 1. The summed E-state index contributed by atoms with van der Waals surface area (Å²) in [6.45, 7) is 6.54. The largest absolute Gasteiger partial charge is 0.494 e.